The van der Waals surface area contributed by atoms with E-state index in [0.717, 1.165) is 50.5 Å². The van der Waals surface area contributed by atoms with Gasteiger partial charge in [-0.2, -0.15) is 0 Å². The van der Waals surface area contributed by atoms with Crippen LogP contribution in [-0.4, -0.2) is 92.3 Å². The SMILES string of the molecule is CC(CC1CCCCC1)C(=O)N1CCC(O)(Cn2cc(C(=O)N3CCN(C(=O)O)CC3)c(C3CC3)cc2=O)C2(CCCC2)C1. The third-order valence-corrected chi connectivity index (χ3v) is 11.7. The van der Waals surface area contributed by atoms with Crippen LogP contribution in [0.3, 0.4) is 0 Å². The lowest BCUT2D eigenvalue weighted by atomic mass is 9.65. The number of nitrogens with zero attached hydrogens (tertiary/aromatic N) is 4. The van der Waals surface area contributed by atoms with Gasteiger partial charge in [0.2, 0.25) is 5.91 Å². The van der Waals surface area contributed by atoms with E-state index in [0.29, 0.717) is 44.1 Å². The maximum absolute atomic E-state index is 13.8. The van der Waals surface area contributed by atoms with E-state index in [1.807, 2.05) is 4.90 Å². The largest absolute Gasteiger partial charge is 0.465 e. The van der Waals surface area contributed by atoms with Gasteiger partial charge in [0.15, 0.2) is 0 Å². The van der Waals surface area contributed by atoms with E-state index in [1.54, 1.807) is 17.2 Å². The van der Waals surface area contributed by atoms with E-state index in [-0.39, 0.29) is 48.8 Å². The Morgan fingerprint density at radius 3 is 2.18 bits per heavy atom. The van der Waals surface area contributed by atoms with E-state index in [1.165, 1.54) is 41.6 Å². The Labute approximate surface area is 260 Å². The summed E-state index contributed by atoms with van der Waals surface area (Å²) >= 11 is 0. The van der Waals surface area contributed by atoms with Crippen LogP contribution in [0.1, 0.15) is 112 Å². The van der Waals surface area contributed by atoms with Gasteiger partial charge in [-0.05, 0) is 55.9 Å². The molecule has 3 amide bonds. The highest BCUT2D eigenvalue weighted by atomic mass is 16.4. The van der Waals surface area contributed by atoms with E-state index >= 15 is 0 Å². The fourth-order valence-corrected chi connectivity index (χ4v) is 8.80. The fraction of sp³-hybridized carbons (Fsp3) is 0.765. The molecule has 242 valence electrons. The van der Waals surface area contributed by atoms with Gasteiger partial charge in [0.25, 0.3) is 11.5 Å². The van der Waals surface area contributed by atoms with Gasteiger partial charge in [-0.3, -0.25) is 14.4 Å². The second-order valence-corrected chi connectivity index (χ2v) is 14.6. The summed E-state index contributed by atoms with van der Waals surface area (Å²) in [4.78, 5) is 57.3. The van der Waals surface area contributed by atoms with Crippen LogP contribution in [0.5, 0.6) is 0 Å². The summed E-state index contributed by atoms with van der Waals surface area (Å²) in [5, 5.41) is 21.7. The summed E-state index contributed by atoms with van der Waals surface area (Å²) < 4.78 is 1.54. The Balaban J connectivity index is 1.21. The minimum absolute atomic E-state index is 0.0220. The lowest BCUT2D eigenvalue weighted by molar-refractivity contribution is -0.163. The Kier molecular flexibility index (Phi) is 8.83. The molecular formula is C34H50N4O6. The van der Waals surface area contributed by atoms with Gasteiger partial charge < -0.3 is 29.5 Å². The number of aromatic nitrogens is 1. The number of piperazine rings is 1. The molecule has 2 atom stereocenters. The van der Waals surface area contributed by atoms with Crippen LogP contribution in [-0.2, 0) is 11.3 Å². The number of carbonyl (C=O) groups is 3. The highest BCUT2D eigenvalue weighted by Gasteiger charge is 2.56. The van der Waals surface area contributed by atoms with Crippen LogP contribution in [0.2, 0.25) is 0 Å². The molecule has 2 saturated heterocycles. The van der Waals surface area contributed by atoms with Crippen LogP contribution in [0.15, 0.2) is 17.1 Å². The number of pyridine rings is 1. The average Bonchev–Trinajstić information content (AvgIpc) is 3.76. The van der Waals surface area contributed by atoms with Gasteiger partial charge in [-0.15, -0.1) is 0 Å². The summed E-state index contributed by atoms with van der Waals surface area (Å²) in [6.45, 7) is 4.30. The van der Waals surface area contributed by atoms with Gasteiger partial charge in [-0.1, -0.05) is 51.9 Å². The summed E-state index contributed by atoms with van der Waals surface area (Å²) in [5.74, 6) is 0.816. The van der Waals surface area contributed by atoms with Crippen LogP contribution in [0.4, 0.5) is 4.79 Å². The molecule has 10 heteroatoms. The first-order valence-corrected chi connectivity index (χ1v) is 17.1. The topological polar surface area (TPSA) is 123 Å². The summed E-state index contributed by atoms with van der Waals surface area (Å²) in [5.41, 5.74) is -0.584. The molecule has 10 nitrogen and oxygen atoms in total. The van der Waals surface area contributed by atoms with Gasteiger partial charge >= 0.3 is 6.09 Å². The van der Waals surface area contributed by atoms with Crippen LogP contribution in [0.25, 0.3) is 0 Å². The zero-order valence-electron chi connectivity index (χ0n) is 26.3. The van der Waals surface area contributed by atoms with E-state index < -0.39 is 17.1 Å². The van der Waals surface area contributed by atoms with Crippen molar-refractivity contribution in [2.75, 3.05) is 39.3 Å². The predicted octanol–water partition coefficient (Wildman–Crippen LogP) is 4.29. The van der Waals surface area contributed by atoms with Crippen LogP contribution >= 0.6 is 0 Å². The number of carboxylic acid groups (broad SMARTS) is 1. The molecule has 1 aromatic heterocycles. The molecular weight excluding hydrogens is 560 g/mol. The van der Waals surface area contributed by atoms with E-state index in [9.17, 15) is 29.4 Å². The van der Waals surface area contributed by atoms with Crippen molar-refractivity contribution in [2.24, 2.45) is 17.3 Å². The molecule has 6 rings (SSSR count). The first-order valence-electron chi connectivity index (χ1n) is 17.1. The molecule has 2 N–H and O–H groups in total. The zero-order valence-corrected chi connectivity index (χ0v) is 26.3. The standard InChI is InChI=1S/C34H50N4O6/c1-24(19-25-7-3-2-4-8-25)30(40)37-14-13-34(44,33(22-37)11-5-6-12-33)23-38-21-28(27(20-29(38)39)26-9-10-26)31(41)35-15-17-36(18-16-35)32(42)43/h20-21,24-26,44H,2-19,22-23H2,1H3,(H,42,43). The average molecular weight is 611 g/mol. The predicted molar refractivity (Wildman–Crippen MR) is 166 cm³/mol. The smallest absolute Gasteiger partial charge is 0.407 e. The number of carbonyl (C=O) groups excluding carboxylic acids is 2. The van der Waals surface area contributed by atoms with Crippen LogP contribution < -0.4 is 5.56 Å². The molecule has 2 unspecified atom stereocenters. The van der Waals surface area contributed by atoms with Crippen molar-refractivity contribution < 1.29 is 24.6 Å². The molecule has 1 aromatic rings. The van der Waals surface area contributed by atoms with Crippen LogP contribution in [0, 0.1) is 17.3 Å². The molecule has 0 aromatic carbocycles. The van der Waals surface area contributed by atoms with E-state index in [4.69, 9.17) is 0 Å². The Morgan fingerprint density at radius 2 is 1.55 bits per heavy atom. The highest BCUT2D eigenvalue weighted by Crippen LogP contribution is 2.52. The number of hydrogen-bond acceptors (Lipinski definition) is 5. The Morgan fingerprint density at radius 1 is 0.886 bits per heavy atom. The van der Waals surface area contributed by atoms with Gasteiger partial charge in [0, 0.05) is 62.9 Å². The summed E-state index contributed by atoms with van der Waals surface area (Å²) in [6.07, 6.45) is 13.8. The lowest BCUT2D eigenvalue weighted by Gasteiger charge is -2.53. The molecule has 5 fully saturated rings. The first-order chi connectivity index (χ1) is 21.1. The number of piperidine rings is 1. The van der Waals surface area contributed by atoms with E-state index in [2.05, 4.69) is 6.92 Å². The Bertz CT molecular complexity index is 1300. The summed E-state index contributed by atoms with van der Waals surface area (Å²) in [7, 11) is 0. The maximum atomic E-state index is 13.8. The lowest BCUT2D eigenvalue weighted by Crippen LogP contribution is -2.62. The number of likely N-dealkylation sites (tertiary alicyclic amines) is 1. The quantitative estimate of drug-likeness (QED) is 0.475. The molecule has 5 aliphatic rings. The van der Waals surface area contributed by atoms with Gasteiger partial charge in [-0.25, -0.2) is 4.79 Å². The fourth-order valence-electron chi connectivity index (χ4n) is 8.80. The number of hydrogen-bond donors (Lipinski definition) is 2. The third kappa shape index (κ3) is 6.15. The van der Waals surface area contributed by atoms with Crippen molar-refractivity contribution in [3.8, 4) is 0 Å². The molecule has 3 saturated carbocycles. The summed E-state index contributed by atoms with van der Waals surface area (Å²) in [6, 6.07) is 1.59. The normalized spacial score (nSPS) is 26.6. The van der Waals surface area contributed by atoms with Crippen molar-refractivity contribution in [3.63, 3.8) is 0 Å². The Hall–Kier alpha value is -2.88. The minimum atomic E-state index is -1.16. The molecule has 3 aliphatic carbocycles. The molecule has 0 bridgehead atoms. The van der Waals surface area contributed by atoms with Crippen molar-refractivity contribution >= 4 is 17.9 Å². The minimum Gasteiger partial charge on any atom is -0.465 e. The maximum Gasteiger partial charge on any atom is 0.407 e. The molecule has 1 spiro atoms. The van der Waals surface area contributed by atoms with Gasteiger partial charge in [0.1, 0.15) is 0 Å². The molecule has 2 aliphatic heterocycles. The second kappa shape index (κ2) is 12.5. The third-order valence-electron chi connectivity index (χ3n) is 11.7. The molecule has 0 radical (unpaired) electrons. The number of aliphatic hydroxyl groups is 1. The van der Waals surface area contributed by atoms with Gasteiger partial charge in [0.05, 0.1) is 17.7 Å². The zero-order chi connectivity index (χ0) is 31.1. The monoisotopic (exact) mass is 610 g/mol. The second-order valence-electron chi connectivity index (χ2n) is 14.6. The number of amides is 3. The highest BCUT2D eigenvalue weighted by molar-refractivity contribution is 5.96. The molecule has 3 heterocycles. The van der Waals surface area contributed by atoms with Crippen molar-refractivity contribution in [3.05, 3.63) is 33.7 Å². The number of rotatable bonds is 7. The van der Waals surface area contributed by atoms with Crippen molar-refractivity contribution in [2.45, 2.75) is 108 Å². The first kappa shape index (κ1) is 31.1. The van der Waals surface area contributed by atoms with Crippen molar-refractivity contribution in [1.82, 2.24) is 19.3 Å². The molecule has 44 heavy (non-hydrogen) atoms. The van der Waals surface area contributed by atoms with Crippen molar-refractivity contribution in [1.29, 1.82) is 0 Å².